The molecule has 10 heteroatoms. The Hall–Kier alpha value is -2.52. The number of halogens is 3. The zero-order valence-corrected chi connectivity index (χ0v) is 20.1. The average molecular weight is 511 g/mol. The van der Waals surface area contributed by atoms with E-state index in [2.05, 4.69) is 5.32 Å². The van der Waals surface area contributed by atoms with Crippen molar-refractivity contribution in [1.29, 1.82) is 0 Å². The Morgan fingerprint density at radius 2 is 1.82 bits per heavy atom. The number of hydrogen-bond acceptors (Lipinski definition) is 4. The van der Waals surface area contributed by atoms with Gasteiger partial charge in [-0.1, -0.05) is 17.7 Å². The van der Waals surface area contributed by atoms with Crippen LogP contribution in [0.2, 0.25) is 5.02 Å². The van der Waals surface area contributed by atoms with E-state index in [-0.39, 0.29) is 27.0 Å². The lowest BCUT2D eigenvalue weighted by Crippen LogP contribution is -2.52. The van der Waals surface area contributed by atoms with E-state index in [1.54, 1.807) is 0 Å². The van der Waals surface area contributed by atoms with E-state index in [0.717, 1.165) is 37.7 Å². The summed E-state index contributed by atoms with van der Waals surface area (Å²) in [5.74, 6) is -2.38. The molecule has 1 aliphatic carbocycles. The molecule has 0 bridgehead atoms. The molecule has 2 aromatic rings. The van der Waals surface area contributed by atoms with E-state index in [0.29, 0.717) is 19.4 Å². The zero-order valence-electron chi connectivity index (χ0n) is 18.6. The number of benzene rings is 2. The Labute approximate surface area is 202 Å². The first kappa shape index (κ1) is 24.6. The lowest BCUT2D eigenvalue weighted by Gasteiger charge is -2.36. The first-order chi connectivity index (χ1) is 16.1. The molecule has 0 unspecified atom stereocenters. The first-order valence-corrected chi connectivity index (χ1v) is 13.4. The van der Waals surface area contributed by atoms with E-state index in [4.69, 9.17) is 11.6 Å². The molecule has 1 saturated heterocycles. The molecule has 2 fully saturated rings. The Balaban J connectivity index is 1.58. The standard InChI is InChI=1S/C24H25ClF2N2O4S/c1-34(32,33)16-6-4-5-15(11-16)24(31)29-10-3-2-7-21(29)23(30)28-22(14-8-9-14)17-12-20(27)18(25)13-19(17)26/h4-6,11-14,21-22H,2-3,7-10H2,1H3,(H,28,30)/t21-,22-/m1/s1. The van der Waals surface area contributed by atoms with Gasteiger partial charge >= 0.3 is 0 Å². The van der Waals surface area contributed by atoms with Gasteiger partial charge in [0, 0.05) is 23.9 Å². The molecule has 0 radical (unpaired) electrons. The highest BCUT2D eigenvalue weighted by molar-refractivity contribution is 7.90. The van der Waals surface area contributed by atoms with Gasteiger partial charge in [0.2, 0.25) is 5.91 Å². The van der Waals surface area contributed by atoms with Crippen molar-refractivity contribution in [3.8, 4) is 0 Å². The molecule has 1 saturated carbocycles. The van der Waals surface area contributed by atoms with E-state index >= 15 is 0 Å². The van der Waals surface area contributed by atoms with Crippen molar-refractivity contribution in [3.63, 3.8) is 0 Å². The number of rotatable bonds is 6. The number of carbonyl (C=O) groups is 2. The van der Waals surface area contributed by atoms with Gasteiger partial charge in [0.25, 0.3) is 5.91 Å². The molecule has 34 heavy (non-hydrogen) atoms. The molecule has 1 heterocycles. The van der Waals surface area contributed by atoms with Gasteiger partial charge in [-0.3, -0.25) is 9.59 Å². The molecule has 182 valence electrons. The smallest absolute Gasteiger partial charge is 0.254 e. The maximum atomic E-state index is 14.6. The fraction of sp³-hybridized carbons (Fsp3) is 0.417. The fourth-order valence-electron chi connectivity index (χ4n) is 4.38. The summed E-state index contributed by atoms with van der Waals surface area (Å²) in [6.45, 7) is 0.331. The van der Waals surface area contributed by atoms with Gasteiger partial charge in [0.1, 0.15) is 17.7 Å². The molecule has 0 spiro atoms. The van der Waals surface area contributed by atoms with E-state index in [1.165, 1.54) is 29.2 Å². The maximum Gasteiger partial charge on any atom is 0.254 e. The molecular weight excluding hydrogens is 486 g/mol. The Bertz CT molecular complexity index is 1230. The van der Waals surface area contributed by atoms with Gasteiger partial charge in [0.15, 0.2) is 9.84 Å². The van der Waals surface area contributed by atoms with Crippen LogP contribution < -0.4 is 5.32 Å². The second-order valence-corrected chi connectivity index (χ2v) is 11.3. The highest BCUT2D eigenvalue weighted by Gasteiger charge is 2.39. The third-order valence-electron chi connectivity index (χ3n) is 6.34. The van der Waals surface area contributed by atoms with Crippen LogP contribution in [0.3, 0.4) is 0 Å². The van der Waals surface area contributed by atoms with Crippen molar-refractivity contribution in [2.45, 2.75) is 49.1 Å². The summed E-state index contributed by atoms with van der Waals surface area (Å²) in [6.07, 6.45) is 4.43. The summed E-state index contributed by atoms with van der Waals surface area (Å²) < 4.78 is 52.5. The van der Waals surface area contributed by atoms with E-state index in [1.807, 2.05) is 0 Å². The summed E-state index contributed by atoms with van der Waals surface area (Å²) in [7, 11) is -3.50. The summed E-state index contributed by atoms with van der Waals surface area (Å²) in [6, 6.07) is 6.10. The Morgan fingerprint density at radius 3 is 2.50 bits per heavy atom. The minimum Gasteiger partial charge on any atom is -0.347 e. The minimum absolute atomic E-state index is 0.0189. The quantitative estimate of drug-likeness (QED) is 0.588. The van der Waals surface area contributed by atoms with Crippen LogP contribution in [0.4, 0.5) is 8.78 Å². The third-order valence-corrected chi connectivity index (χ3v) is 7.74. The van der Waals surface area contributed by atoms with Crippen molar-refractivity contribution in [1.82, 2.24) is 10.2 Å². The number of amides is 2. The number of piperidine rings is 1. The van der Waals surface area contributed by atoms with Crippen molar-refractivity contribution in [3.05, 3.63) is 64.2 Å². The number of hydrogen-bond donors (Lipinski definition) is 1. The fourth-order valence-corrected chi connectivity index (χ4v) is 5.19. The van der Waals surface area contributed by atoms with Crippen molar-refractivity contribution < 1.29 is 26.8 Å². The molecular formula is C24H25ClF2N2O4S. The number of likely N-dealkylation sites (tertiary alicyclic amines) is 1. The number of sulfone groups is 1. The van der Waals surface area contributed by atoms with Gasteiger partial charge in [-0.05, 0) is 68.4 Å². The zero-order chi connectivity index (χ0) is 24.6. The van der Waals surface area contributed by atoms with Crippen molar-refractivity contribution >= 4 is 33.3 Å². The number of nitrogens with one attached hydrogen (secondary N) is 1. The molecule has 6 nitrogen and oxygen atoms in total. The van der Waals surface area contributed by atoms with Gasteiger partial charge in [0.05, 0.1) is 16.0 Å². The van der Waals surface area contributed by atoms with Crippen molar-refractivity contribution in [2.24, 2.45) is 5.92 Å². The van der Waals surface area contributed by atoms with Crippen LogP contribution in [-0.4, -0.2) is 44.0 Å². The predicted molar refractivity (Wildman–Crippen MR) is 123 cm³/mol. The molecule has 2 aromatic carbocycles. The second-order valence-electron chi connectivity index (χ2n) is 8.92. The van der Waals surface area contributed by atoms with Gasteiger partial charge in [-0.15, -0.1) is 0 Å². The highest BCUT2D eigenvalue weighted by Crippen LogP contribution is 2.42. The number of nitrogens with zero attached hydrogens (tertiary/aromatic N) is 1. The molecule has 1 N–H and O–H groups in total. The molecule has 2 amide bonds. The monoisotopic (exact) mass is 510 g/mol. The molecule has 2 aliphatic rings. The van der Waals surface area contributed by atoms with E-state index in [9.17, 15) is 26.8 Å². The van der Waals surface area contributed by atoms with Crippen LogP contribution >= 0.6 is 11.6 Å². The number of carbonyl (C=O) groups excluding carboxylic acids is 2. The van der Waals surface area contributed by atoms with E-state index < -0.39 is 45.4 Å². The van der Waals surface area contributed by atoms with Crippen LogP contribution in [0.25, 0.3) is 0 Å². The lowest BCUT2D eigenvalue weighted by atomic mass is 9.97. The normalized spacial score (nSPS) is 19.5. The lowest BCUT2D eigenvalue weighted by molar-refractivity contribution is -0.127. The van der Waals surface area contributed by atoms with Crippen LogP contribution in [0.1, 0.15) is 54.1 Å². The van der Waals surface area contributed by atoms with Crippen molar-refractivity contribution in [2.75, 3.05) is 12.8 Å². The Morgan fingerprint density at radius 1 is 1.09 bits per heavy atom. The van der Waals surface area contributed by atoms with Gasteiger partial charge < -0.3 is 10.2 Å². The molecule has 1 aliphatic heterocycles. The first-order valence-electron chi connectivity index (χ1n) is 11.1. The molecule has 2 atom stereocenters. The highest BCUT2D eigenvalue weighted by atomic mass is 35.5. The van der Waals surface area contributed by atoms with Gasteiger partial charge in [-0.2, -0.15) is 0 Å². The third kappa shape index (κ3) is 5.25. The van der Waals surface area contributed by atoms with Crippen LogP contribution in [0.5, 0.6) is 0 Å². The van der Waals surface area contributed by atoms with Crippen LogP contribution in [-0.2, 0) is 14.6 Å². The predicted octanol–water partition coefficient (Wildman–Crippen LogP) is 4.28. The second kappa shape index (κ2) is 9.62. The molecule has 4 rings (SSSR count). The van der Waals surface area contributed by atoms with Crippen LogP contribution in [0.15, 0.2) is 41.3 Å². The largest absolute Gasteiger partial charge is 0.347 e. The average Bonchev–Trinajstić information content (AvgIpc) is 3.64. The molecule has 0 aromatic heterocycles. The summed E-state index contributed by atoms with van der Waals surface area (Å²) in [5, 5.41) is 2.51. The van der Waals surface area contributed by atoms with Crippen LogP contribution in [0, 0.1) is 17.6 Å². The Kier molecular flexibility index (Phi) is 6.96. The summed E-state index contributed by atoms with van der Waals surface area (Å²) >= 11 is 5.68. The SMILES string of the molecule is CS(=O)(=O)c1cccc(C(=O)N2CCCC[C@@H]2C(=O)N[C@@H](c2cc(F)c(Cl)cc2F)C2CC2)c1. The topological polar surface area (TPSA) is 83.6 Å². The van der Waals surface area contributed by atoms with Gasteiger partial charge in [-0.25, -0.2) is 17.2 Å². The summed E-state index contributed by atoms with van der Waals surface area (Å²) in [4.78, 5) is 28.0. The summed E-state index contributed by atoms with van der Waals surface area (Å²) in [5.41, 5.74) is 0.208. The maximum absolute atomic E-state index is 14.6. The minimum atomic E-state index is -3.50.